The van der Waals surface area contributed by atoms with Crippen LogP contribution in [0.1, 0.15) is 34.6 Å². The number of hydrogen-bond donors (Lipinski definition) is 0. The van der Waals surface area contributed by atoms with Crippen LogP contribution in [0.3, 0.4) is 0 Å². The second-order valence-corrected chi connectivity index (χ2v) is 6.90. The molecule has 0 aromatic carbocycles. The number of carbonyl (C=O) groups is 4. The van der Waals surface area contributed by atoms with Gasteiger partial charge in [-0.2, -0.15) is 0 Å². The van der Waals surface area contributed by atoms with Crippen LogP contribution in [-0.4, -0.2) is 66.1 Å². The fraction of sp³-hybridized carbons (Fsp3) is 0.750. The molecule has 0 bridgehead atoms. The standard InChI is InChI=1S/C16H24O9S/c1-6-26-16-15(24-11(5)20)14(23-10(4)19)13(25-16)12(22-9(3)18)7-21-8(2)17/h12-16H,6-7H2,1-5H3/t12-,13+,14+,15-,16+/m1/s1. The Morgan fingerprint density at radius 2 is 1.50 bits per heavy atom. The van der Waals surface area contributed by atoms with Gasteiger partial charge in [0.05, 0.1) is 0 Å². The zero-order chi connectivity index (χ0) is 19.9. The molecule has 1 aliphatic heterocycles. The second-order valence-electron chi connectivity index (χ2n) is 5.52. The van der Waals surface area contributed by atoms with Crippen molar-refractivity contribution in [1.29, 1.82) is 0 Å². The fourth-order valence-electron chi connectivity index (χ4n) is 2.50. The van der Waals surface area contributed by atoms with Gasteiger partial charge in [0.15, 0.2) is 18.3 Å². The van der Waals surface area contributed by atoms with Gasteiger partial charge in [-0.15, -0.1) is 11.8 Å². The van der Waals surface area contributed by atoms with Crippen molar-refractivity contribution < 1.29 is 42.9 Å². The van der Waals surface area contributed by atoms with E-state index in [1.165, 1.54) is 39.5 Å². The predicted octanol–water partition coefficient (Wildman–Crippen LogP) is 0.823. The van der Waals surface area contributed by atoms with Crippen LogP contribution in [0.4, 0.5) is 0 Å². The van der Waals surface area contributed by atoms with Crippen LogP contribution >= 0.6 is 11.8 Å². The highest BCUT2D eigenvalue weighted by atomic mass is 32.2. The van der Waals surface area contributed by atoms with E-state index in [9.17, 15) is 19.2 Å². The van der Waals surface area contributed by atoms with E-state index in [0.29, 0.717) is 5.75 Å². The van der Waals surface area contributed by atoms with Gasteiger partial charge in [0, 0.05) is 27.7 Å². The molecule has 0 amide bonds. The van der Waals surface area contributed by atoms with Gasteiger partial charge in [-0.1, -0.05) is 6.92 Å². The minimum Gasteiger partial charge on any atom is -0.462 e. The largest absolute Gasteiger partial charge is 0.462 e. The van der Waals surface area contributed by atoms with E-state index in [4.69, 9.17) is 23.7 Å². The first-order valence-corrected chi connectivity index (χ1v) is 9.12. The first kappa shape index (κ1) is 22.2. The Bertz CT molecular complexity index is 536. The molecule has 9 nitrogen and oxygen atoms in total. The zero-order valence-electron chi connectivity index (χ0n) is 15.4. The molecular formula is C16H24O9S. The molecule has 0 aliphatic carbocycles. The lowest BCUT2D eigenvalue weighted by atomic mass is 10.1. The second kappa shape index (κ2) is 10.4. The summed E-state index contributed by atoms with van der Waals surface area (Å²) in [7, 11) is 0. The van der Waals surface area contributed by atoms with Gasteiger partial charge in [0.25, 0.3) is 0 Å². The third-order valence-electron chi connectivity index (χ3n) is 3.28. The van der Waals surface area contributed by atoms with Crippen LogP contribution in [0.2, 0.25) is 0 Å². The Morgan fingerprint density at radius 3 is 1.96 bits per heavy atom. The molecule has 0 N–H and O–H groups in total. The molecule has 0 spiro atoms. The summed E-state index contributed by atoms with van der Waals surface area (Å²) in [6.45, 7) is 6.44. The first-order valence-electron chi connectivity index (χ1n) is 8.07. The lowest BCUT2D eigenvalue weighted by Gasteiger charge is -2.27. The van der Waals surface area contributed by atoms with Crippen molar-refractivity contribution in [3.05, 3.63) is 0 Å². The Morgan fingerprint density at radius 1 is 0.923 bits per heavy atom. The molecule has 1 heterocycles. The van der Waals surface area contributed by atoms with E-state index in [-0.39, 0.29) is 6.61 Å². The third kappa shape index (κ3) is 6.83. The van der Waals surface area contributed by atoms with Gasteiger partial charge >= 0.3 is 23.9 Å². The maximum atomic E-state index is 11.5. The van der Waals surface area contributed by atoms with Crippen molar-refractivity contribution in [2.24, 2.45) is 0 Å². The summed E-state index contributed by atoms with van der Waals surface area (Å²) in [6.07, 6.45) is -3.89. The van der Waals surface area contributed by atoms with Crippen LogP contribution in [0.25, 0.3) is 0 Å². The molecule has 1 aliphatic rings. The molecule has 0 radical (unpaired) electrons. The molecule has 0 unspecified atom stereocenters. The minimum absolute atomic E-state index is 0.284. The molecule has 1 saturated heterocycles. The number of hydrogen-bond acceptors (Lipinski definition) is 10. The van der Waals surface area contributed by atoms with Crippen molar-refractivity contribution in [3.8, 4) is 0 Å². The average Bonchev–Trinajstić information content (AvgIpc) is 2.80. The van der Waals surface area contributed by atoms with Crippen LogP contribution < -0.4 is 0 Å². The average molecular weight is 392 g/mol. The summed E-state index contributed by atoms with van der Waals surface area (Å²) in [5, 5.41) is 0. The molecule has 26 heavy (non-hydrogen) atoms. The smallest absolute Gasteiger partial charge is 0.303 e. The van der Waals surface area contributed by atoms with Crippen molar-refractivity contribution in [3.63, 3.8) is 0 Å². The van der Waals surface area contributed by atoms with Crippen molar-refractivity contribution >= 4 is 35.6 Å². The van der Waals surface area contributed by atoms with Crippen molar-refractivity contribution in [2.75, 3.05) is 12.4 Å². The lowest BCUT2D eigenvalue weighted by Crippen LogP contribution is -2.46. The predicted molar refractivity (Wildman–Crippen MR) is 90.1 cm³/mol. The molecule has 5 atom stereocenters. The van der Waals surface area contributed by atoms with E-state index < -0.39 is 53.7 Å². The van der Waals surface area contributed by atoms with E-state index in [2.05, 4.69) is 0 Å². The lowest BCUT2D eigenvalue weighted by molar-refractivity contribution is -0.176. The quantitative estimate of drug-likeness (QED) is 0.434. The number of carbonyl (C=O) groups excluding carboxylic acids is 4. The highest BCUT2D eigenvalue weighted by Gasteiger charge is 2.53. The Labute approximate surface area is 156 Å². The number of rotatable bonds is 8. The summed E-state index contributed by atoms with van der Waals surface area (Å²) in [6, 6.07) is 0. The topological polar surface area (TPSA) is 114 Å². The fourth-order valence-corrected chi connectivity index (χ4v) is 3.43. The molecule has 148 valence electrons. The first-order chi connectivity index (χ1) is 12.1. The highest BCUT2D eigenvalue weighted by molar-refractivity contribution is 7.99. The van der Waals surface area contributed by atoms with E-state index >= 15 is 0 Å². The van der Waals surface area contributed by atoms with Gasteiger partial charge in [-0.25, -0.2) is 0 Å². The molecule has 1 fully saturated rings. The van der Waals surface area contributed by atoms with Crippen LogP contribution in [0.5, 0.6) is 0 Å². The monoisotopic (exact) mass is 392 g/mol. The van der Waals surface area contributed by atoms with Gasteiger partial charge in [-0.3, -0.25) is 19.2 Å². The molecule has 10 heteroatoms. The summed E-state index contributed by atoms with van der Waals surface area (Å²) < 4.78 is 26.6. The normalized spacial score (nSPS) is 25.9. The number of ether oxygens (including phenoxy) is 5. The Kier molecular flexibility index (Phi) is 8.86. The molecule has 0 aromatic rings. The summed E-state index contributed by atoms with van der Waals surface area (Å²) in [4.78, 5) is 45.6. The van der Waals surface area contributed by atoms with Crippen LogP contribution in [0, 0.1) is 0 Å². The zero-order valence-corrected chi connectivity index (χ0v) is 16.2. The van der Waals surface area contributed by atoms with Gasteiger partial charge in [-0.05, 0) is 5.75 Å². The highest BCUT2D eigenvalue weighted by Crippen LogP contribution is 2.35. The summed E-state index contributed by atoms with van der Waals surface area (Å²) >= 11 is 1.35. The summed E-state index contributed by atoms with van der Waals surface area (Å²) in [5.74, 6) is -1.73. The Hall–Kier alpha value is -1.81. The van der Waals surface area contributed by atoms with Crippen LogP contribution in [-0.2, 0) is 42.9 Å². The van der Waals surface area contributed by atoms with E-state index in [1.54, 1.807) is 0 Å². The van der Waals surface area contributed by atoms with Crippen LogP contribution in [0.15, 0.2) is 0 Å². The van der Waals surface area contributed by atoms with Crippen molar-refractivity contribution in [1.82, 2.24) is 0 Å². The molecule has 0 saturated carbocycles. The summed E-state index contributed by atoms with van der Waals surface area (Å²) in [5.41, 5.74) is -0.631. The maximum Gasteiger partial charge on any atom is 0.303 e. The SMILES string of the molecule is CCS[C@@H]1O[C@@H]([C@@H](COC(C)=O)OC(C)=O)[C@H](OC(C)=O)[C@H]1OC(C)=O. The van der Waals surface area contributed by atoms with Crippen molar-refractivity contribution in [2.45, 2.75) is 64.5 Å². The van der Waals surface area contributed by atoms with E-state index in [0.717, 1.165) is 0 Å². The number of esters is 4. The van der Waals surface area contributed by atoms with Gasteiger partial charge in [0.1, 0.15) is 18.1 Å². The Balaban J connectivity index is 3.13. The molecular weight excluding hydrogens is 368 g/mol. The van der Waals surface area contributed by atoms with Gasteiger partial charge in [0.2, 0.25) is 0 Å². The molecule has 0 aromatic heterocycles. The molecule has 1 rings (SSSR count). The third-order valence-corrected chi connectivity index (χ3v) is 4.32. The van der Waals surface area contributed by atoms with E-state index in [1.807, 2.05) is 6.92 Å². The number of thioether (sulfide) groups is 1. The minimum atomic E-state index is -1.03. The maximum absolute atomic E-state index is 11.5. The van der Waals surface area contributed by atoms with Gasteiger partial charge < -0.3 is 23.7 Å².